The number of hydrogen-bond acceptors (Lipinski definition) is 9. The van der Waals surface area contributed by atoms with Gasteiger partial charge in [-0.05, 0) is 37.0 Å². The molecule has 0 spiro atoms. The van der Waals surface area contributed by atoms with Crippen molar-refractivity contribution < 1.29 is 28.6 Å². The molecule has 2 aromatic heterocycles. The molecule has 4 heterocycles. The SMILES string of the molecule is CCCCOC(=O)N(C[C@@H]1CCC(=O)N1)[C@H]1COc2cc(-c3cccc(-c4cccc(NC(=O)c5cn(C)c(=O)n(C)c5=O)c4C)c3Cl)nc(OC)c21. The molecule has 3 amide bonds. The first-order valence-corrected chi connectivity index (χ1v) is 17.7. The molecule has 53 heavy (non-hydrogen) atoms. The number of carbonyl (C=O) groups excluding carboxylic acids is 3. The van der Waals surface area contributed by atoms with Gasteiger partial charge in [0.1, 0.15) is 24.0 Å². The van der Waals surface area contributed by atoms with E-state index < -0.39 is 29.3 Å². The Morgan fingerprint density at radius 1 is 1.11 bits per heavy atom. The molecule has 0 saturated carbocycles. The van der Waals surface area contributed by atoms with E-state index in [1.165, 1.54) is 32.0 Å². The predicted octanol–water partition coefficient (Wildman–Crippen LogP) is 4.99. The normalized spacial score (nSPS) is 16.1. The Morgan fingerprint density at radius 3 is 2.57 bits per heavy atom. The first-order valence-electron chi connectivity index (χ1n) is 17.3. The number of unbranched alkanes of at least 4 members (excludes halogenated alkanes) is 1. The van der Waals surface area contributed by atoms with Crippen LogP contribution < -0.4 is 31.4 Å². The van der Waals surface area contributed by atoms with Crippen LogP contribution in [0.15, 0.2) is 58.3 Å². The second-order valence-corrected chi connectivity index (χ2v) is 13.5. The highest BCUT2D eigenvalue weighted by Crippen LogP contribution is 2.46. The summed E-state index contributed by atoms with van der Waals surface area (Å²) in [5.41, 5.74) is 2.76. The van der Waals surface area contributed by atoms with Crippen molar-refractivity contribution in [3.63, 3.8) is 0 Å². The summed E-state index contributed by atoms with van der Waals surface area (Å²) in [6.07, 6.45) is 3.30. The van der Waals surface area contributed by atoms with Crippen LogP contribution in [-0.2, 0) is 23.6 Å². The lowest BCUT2D eigenvalue weighted by Gasteiger charge is -2.30. The zero-order valence-electron chi connectivity index (χ0n) is 30.2. The smallest absolute Gasteiger partial charge is 0.410 e. The zero-order valence-corrected chi connectivity index (χ0v) is 30.9. The average molecular weight is 745 g/mol. The monoisotopic (exact) mass is 744 g/mol. The lowest BCUT2D eigenvalue weighted by Crippen LogP contribution is -2.44. The maximum absolute atomic E-state index is 13.4. The Bertz CT molecular complexity index is 2220. The van der Waals surface area contributed by atoms with Crippen molar-refractivity contribution in [2.75, 3.05) is 32.2 Å². The van der Waals surface area contributed by atoms with Gasteiger partial charge in [-0.2, -0.15) is 0 Å². The second kappa shape index (κ2) is 15.5. The third-order valence-corrected chi connectivity index (χ3v) is 9.99. The van der Waals surface area contributed by atoms with E-state index in [1.54, 1.807) is 23.1 Å². The molecule has 0 aliphatic carbocycles. The predicted molar refractivity (Wildman–Crippen MR) is 199 cm³/mol. The van der Waals surface area contributed by atoms with Crippen LogP contribution >= 0.6 is 11.6 Å². The van der Waals surface area contributed by atoms with Crippen LogP contribution in [0.1, 0.15) is 60.1 Å². The van der Waals surface area contributed by atoms with Gasteiger partial charge in [-0.3, -0.25) is 23.9 Å². The van der Waals surface area contributed by atoms with Crippen LogP contribution in [-0.4, -0.2) is 69.8 Å². The molecule has 2 aromatic carbocycles. The third kappa shape index (κ3) is 7.36. The first-order chi connectivity index (χ1) is 25.4. The van der Waals surface area contributed by atoms with E-state index in [9.17, 15) is 24.0 Å². The van der Waals surface area contributed by atoms with Crippen molar-refractivity contribution in [2.45, 2.75) is 51.6 Å². The Labute approximate surface area is 310 Å². The van der Waals surface area contributed by atoms with Gasteiger partial charge in [-0.1, -0.05) is 55.3 Å². The molecule has 4 aromatic rings. The van der Waals surface area contributed by atoms with Gasteiger partial charge in [0, 0.05) is 62.2 Å². The summed E-state index contributed by atoms with van der Waals surface area (Å²) in [5, 5.41) is 6.12. The quantitative estimate of drug-likeness (QED) is 0.202. The van der Waals surface area contributed by atoms with Crippen LogP contribution in [0, 0.1) is 6.92 Å². The molecular formula is C38H41ClN6O8. The summed E-state index contributed by atoms with van der Waals surface area (Å²) in [5.74, 6) is 0.0227. The summed E-state index contributed by atoms with van der Waals surface area (Å²) in [6.45, 7) is 4.49. The number of pyridine rings is 1. The highest BCUT2D eigenvalue weighted by molar-refractivity contribution is 6.36. The van der Waals surface area contributed by atoms with Gasteiger partial charge in [0.25, 0.3) is 11.5 Å². The van der Waals surface area contributed by atoms with Crippen LogP contribution in [0.2, 0.25) is 5.02 Å². The van der Waals surface area contributed by atoms with E-state index >= 15 is 0 Å². The molecule has 278 valence electrons. The van der Waals surface area contributed by atoms with E-state index in [1.807, 2.05) is 38.1 Å². The van der Waals surface area contributed by atoms with Gasteiger partial charge in [-0.15, -0.1) is 0 Å². The molecule has 0 unspecified atom stereocenters. The number of halogens is 1. The number of rotatable bonds is 11. The van der Waals surface area contributed by atoms with Crippen molar-refractivity contribution in [3.05, 3.63) is 91.2 Å². The van der Waals surface area contributed by atoms with E-state index in [0.717, 1.165) is 23.0 Å². The highest BCUT2D eigenvalue weighted by atomic mass is 35.5. The Balaban J connectivity index is 1.32. The van der Waals surface area contributed by atoms with E-state index in [0.29, 0.717) is 57.2 Å². The molecule has 1 fully saturated rings. The standard InChI is InChI=1S/C38H41ClN6O8/c1-6-7-16-52-38(50)45(18-22-14-15-31(46)40-22)29-20-53-30-17-28(42-35(51-5)32(29)30)25-12-8-11-24(33(25)39)23-10-9-13-27(21(23)2)41-34(47)26-19-43(3)37(49)44(4)36(26)48/h8-13,17,19,22,29H,6-7,14-16,18,20H2,1-5H3,(H,40,46)(H,41,47)/t22-,29-/m0/s1. The van der Waals surface area contributed by atoms with Gasteiger partial charge in [-0.25, -0.2) is 14.6 Å². The molecule has 15 heteroatoms. The first kappa shape index (κ1) is 37.1. The number of aromatic nitrogens is 3. The van der Waals surface area contributed by atoms with Crippen molar-refractivity contribution in [1.29, 1.82) is 0 Å². The summed E-state index contributed by atoms with van der Waals surface area (Å²) in [6, 6.07) is 11.8. The van der Waals surface area contributed by atoms with Gasteiger partial charge >= 0.3 is 11.8 Å². The molecule has 6 rings (SSSR count). The molecule has 0 radical (unpaired) electrons. The van der Waals surface area contributed by atoms with E-state index in [4.69, 9.17) is 30.8 Å². The Hall–Kier alpha value is -5.63. The van der Waals surface area contributed by atoms with Crippen LogP contribution in [0.5, 0.6) is 11.6 Å². The maximum atomic E-state index is 13.4. The Kier molecular flexibility index (Phi) is 10.9. The second-order valence-electron chi connectivity index (χ2n) is 13.1. The minimum atomic E-state index is -0.704. The maximum Gasteiger partial charge on any atom is 0.410 e. The number of benzene rings is 2. The number of ether oxygens (including phenoxy) is 3. The summed E-state index contributed by atoms with van der Waals surface area (Å²) >= 11 is 7.12. The summed E-state index contributed by atoms with van der Waals surface area (Å²) in [4.78, 5) is 69.9. The molecular weight excluding hydrogens is 704 g/mol. The number of methoxy groups -OCH3 is 1. The molecule has 2 atom stereocenters. The number of hydrogen-bond donors (Lipinski definition) is 2. The summed E-state index contributed by atoms with van der Waals surface area (Å²) in [7, 11) is 4.28. The largest absolute Gasteiger partial charge is 0.490 e. The fourth-order valence-corrected chi connectivity index (χ4v) is 6.97. The average Bonchev–Trinajstić information content (AvgIpc) is 3.77. The van der Waals surface area contributed by atoms with Crippen molar-refractivity contribution in [1.82, 2.24) is 24.3 Å². The van der Waals surface area contributed by atoms with Crippen molar-refractivity contribution in [2.24, 2.45) is 14.1 Å². The molecule has 1 saturated heterocycles. The highest BCUT2D eigenvalue weighted by Gasteiger charge is 2.39. The number of nitrogens with zero attached hydrogens (tertiary/aromatic N) is 4. The number of anilines is 1. The fraction of sp³-hybridized carbons (Fsp3) is 0.368. The fourth-order valence-electron chi connectivity index (χ4n) is 6.65. The minimum Gasteiger partial charge on any atom is -0.490 e. The molecule has 2 aliphatic heterocycles. The van der Waals surface area contributed by atoms with Crippen LogP contribution in [0.4, 0.5) is 10.5 Å². The zero-order chi connectivity index (χ0) is 38.0. The van der Waals surface area contributed by atoms with Crippen LogP contribution in [0.3, 0.4) is 0 Å². The van der Waals surface area contributed by atoms with Gasteiger partial charge < -0.3 is 29.4 Å². The number of carbonyl (C=O) groups is 3. The van der Waals surface area contributed by atoms with Crippen LogP contribution in [0.25, 0.3) is 22.4 Å². The number of amides is 3. The molecule has 14 nitrogen and oxygen atoms in total. The third-order valence-electron chi connectivity index (χ3n) is 9.58. The van der Waals surface area contributed by atoms with Gasteiger partial charge in [0.15, 0.2) is 0 Å². The summed E-state index contributed by atoms with van der Waals surface area (Å²) < 4.78 is 19.6. The van der Waals surface area contributed by atoms with Gasteiger partial charge in [0.05, 0.1) is 30.0 Å². The van der Waals surface area contributed by atoms with E-state index in [-0.39, 0.29) is 43.2 Å². The Morgan fingerprint density at radius 2 is 1.85 bits per heavy atom. The van der Waals surface area contributed by atoms with Crippen molar-refractivity contribution >= 4 is 35.2 Å². The minimum absolute atomic E-state index is 0.0552. The molecule has 2 aliphatic rings. The lowest BCUT2D eigenvalue weighted by molar-refractivity contribution is -0.119. The van der Waals surface area contributed by atoms with Gasteiger partial charge in [0.2, 0.25) is 11.8 Å². The number of nitrogens with one attached hydrogen (secondary N) is 2. The number of aryl methyl sites for hydroxylation is 1. The molecule has 2 N–H and O–H groups in total. The van der Waals surface area contributed by atoms with Crippen molar-refractivity contribution in [3.8, 4) is 34.0 Å². The lowest BCUT2D eigenvalue weighted by atomic mass is 9.96. The topological polar surface area (TPSA) is 163 Å². The number of fused-ring (bicyclic) bond motifs is 1. The molecule has 0 bridgehead atoms. The van der Waals surface area contributed by atoms with E-state index in [2.05, 4.69) is 10.6 Å².